The molecule has 0 bridgehead atoms. The van der Waals surface area contributed by atoms with E-state index >= 15 is 0 Å². The van der Waals surface area contributed by atoms with E-state index in [1.165, 1.54) is 0 Å². The number of pyridine rings is 1. The zero-order valence-corrected chi connectivity index (χ0v) is 14.7. The van der Waals surface area contributed by atoms with Crippen LogP contribution in [0.3, 0.4) is 0 Å². The number of hydrogen-bond donors (Lipinski definition) is 1. The molecule has 0 unspecified atom stereocenters. The molecule has 1 N–H and O–H groups in total. The minimum atomic E-state index is 0.0510. The van der Waals surface area contributed by atoms with Crippen LogP contribution in [0, 0.1) is 11.8 Å². The summed E-state index contributed by atoms with van der Waals surface area (Å²) in [6.07, 6.45) is 7.75. The van der Waals surface area contributed by atoms with Gasteiger partial charge in [0.1, 0.15) is 0 Å². The van der Waals surface area contributed by atoms with Gasteiger partial charge in [0.15, 0.2) is 0 Å². The van der Waals surface area contributed by atoms with Crippen molar-refractivity contribution in [1.82, 2.24) is 15.2 Å². The Kier molecular flexibility index (Phi) is 6.39. The SMILES string of the molecule is O=C(CC1CCOCC1)NCC1CCN(C(=O)c2cccnc2)CC1. The van der Waals surface area contributed by atoms with Crippen molar-refractivity contribution in [2.45, 2.75) is 32.1 Å². The molecule has 2 aliphatic heterocycles. The van der Waals surface area contributed by atoms with Gasteiger partial charge < -0.3 is 15.0 Å². The molecule has 2 amide bonds. The Morgan fingerprint density at radius 3 is 2.60 bits per heavy atom. The second-order valence-electron chi connectivity index (χ2n) is 7.04. The highest BCUT2D eigenvalue weighted by molar-refractivity contribution is 5.93. The van der Waals surface area contributed by atoms with Crippen LogP contribution in [-0.2, 0) is 9.53 Å². The van der Waals surface area contributed by atoms with Gasteiger partial charge in [-0.2, -0.15) is 0 Å². The number of nitrogens with one attached hydrogen (secondary N) is 1. The quantitative estimate of drug-likeness (QED) is 0.884. The van der Waals surface area contributed by atoms with Crippen molar-refractivity contribution in [2.24, 2.45) is 11.8 Å². The summed E-state index contributed by atoms with van der Waals surface area (Å²) in [6, 6.07) is 3.59. The van der Waals surface area contributed by atoms with Gasteiger partial charge in [-0.05, 0) is 49.7 Å². The smallest absolute Gasteiger partial charge is 0.255 e. The van der Waals surface area contributed by atoms with E-state index in [-0.39, 0.29) is 11.8 Å². The topological polar surface area (TPSA) is 71.5 Å². The number of piperidine rings is 1. The Hall–Kier alpha value is -1.95. The number of likely N-dealkylation sites (tertiary alicyclic amines) is 1. The fourth-order valence-corrected chi connectivity index (χ4v) is 3.56. The molecule has 6 nitrogen and oxygen atoms in total. The van der Waals surface area contributed by atoms with Crippen LogP contribution >= 0.6 is 0 Å². The molecule has 2 fully saturated rings. The van der Waals surface area contributed by atoms with Crippen LogP contribution in [0.5, 0.6) is 0 Å². The predicted octanol–water partition coefficient (Wildman–Crippen LogP) is 1.87. The molecular weight excluding hydrogens is 318 g/mol. The van der Waals surface area contributed by atoms with E-state index in [9.17, 15) is 9.59 Å². The first kappa shape index (κ1) is 17.9. The third-order valence-electron chi connectivity index (χ3n) is 5.21. The molecule has 6 heteroatoms. The summed E-state index contributed by atoms with van der Waals surface area (Å²) < 4.78 is 5.33. The lowest BCUT2D eigenvalue weighted by Gasteiger charge is -2.32. The van der Waals surface area contributed by atoms with Crippen LogP contribution in [0.15, 0.2) is 24.5 Å². The molecule has 25 heavy (non-hydrogen) atoms. The van der Waals surface area contributed by atoms with Crippen molar-refractivity contribution in [2.75, 3.05) is 32.8 Å². The van der Waals surface area contributed by atoms with Crippen molar-refractivity contribution in [3.05, 3.63) is 30.1 Å². The average Bonchev–Trinajstić information content (AvgIpc) is 2.68. The molecule has 0 saturated carbocycles. The van der Waals surface area contributed by atoms with Gasteiger partial charge in [-0.15, -0.1) is 0 Å². The van der Waals surface area contributed by atoms with E-state index in [2.05, 4.69) is 10.3 Å². The third kappa shape index (κ3) is 5.26. The van der Waals surface area contributed by atoms with Crippen LogP contribution in [0.4, 0.5) is 0 Å². The van der Waals surface area contributed by atoms with E-state index in [1.54, 1.807) is 24.5 Å². The maximum Gasteiger partial charge on any atom is 0.255 e. The van der Waals surface area contributed by atoms with Gasteiger partial charge in [-0.3, -0.25) is 14.6 Å². The molecule has 0 aliphatic carbocycles. The predicted molar refractivity (Wildman–Crippen MR) is 94.0 cm³/mol. The summed E-state index contributed by atoms with van der Waals surface area (Å²) in [7, 11) is 0. The molecule has 0 aromatic carbocycles. The highest BCUT2D eigenvalue weighted by atomic mass is 16.5. The Balaban J connectivity index is 1.36. The van der Waals surface area contributed by atoms with Crippen molar-refractivity contribution in [3.8, 4) is 0 Å². The summed E-state index contributed by atoms with van der Waals surface area (Å²) in [6.45, 7) is 3.77. The molecule has 1 aromatic rings. The van der Waals surface area contributed by atoms with E-state index in [0.29, 0.717) is 23.8 Å². The molecule has 0 radical (unpaired) electrons. The Bertz CT molecular complexity index is 565. The van der Waals surface area contributed by atoms with Crippen LogP contribution in [0.2, 0.25) is 0 Å². The normalized spacial score (nSPS) is 19.6. The van der Waals surface area contributed by atoms with E-state index < -0.39 is 0 Å². The molecule has 3 rings (SSSR count). The standard InChI is InChI=1S/C19H27N3O3/c23-18(12-15-5-10-25-11-6-15)21-13-16-3-8-22(9-4-16)19(24)17-2-1-7-20-14-17/h1-2,7,14-16H,3-6,8-13H2,(H,21,23). The number of ether oxygens (including phenoxy) is 1. The second-order valence-corrected chi connectivity index (χ2v) is 7.04. The fraction of sp³-hybridized carbons (Fsp3) is 0.632. The summed E-state index contributed by atoms with van der Waals surface area (Å²) in [4.78, 5) is 30.4. The van der Waals surface area contributed by atoms with Crippen LogP contribution < -0.4 is 5.32 Å². The Labute approximate surface area is 148 Å². The third-order valence-corrected chi connectivity index (χ3v) is 5.21. The first-order valence-electron chi connectivity index (χ1n) is 9.26. The molecular formula is C19H27N3O3. The van der Waals surface area contributed by atoms with Crippen LogP contribution in [0.1, 0.15) is 42.5 Å². The number of hydrogen-bond acceptors (Lipinski definition) is 4. The van der Waals surface area contributed by atoms with Crippen molar-refractivity contribution >= 4 is 11.8 Å². The van der Waals surface area contributed by atoms with Gasteiger partial charge in [0, 0.05) is 51.7 Å². The number of aromatic nitrogens is 1. The fourth-order valence-electron chi connectivity index (χ4n) is 3.56. The first-order valence-corrected chi connectivity index (χ1v) is 9.26. The first-order chi connectivity index (χ1) is 12.2. The lowest BCUT2D eigenvalue weighted by atomic mass is 9.94. The van der Waals surface area contributed by atoms with Crippen molar-refractivity contribution in [3.63, 3.8) is 0 Å². The monoisotopic (exact) mass is 345 g/mol. The van der Waals surface area contributed by atoms with Gasteiger partial charge in [0.05, 0.1) is 5.56 Å². The highest BCUT2D eigenvalue weighted by Crippen LogP contribution is 2.20. The number of carbonyl (C=O) groups excluding carboxylic acids is 2. The highest BCUT2D eigenvalue weighted by Gasteiger charge is 2.24. The molecule has 1 aromatic heterocycles. The number of amides is 2. The molecule has 2 aliphatic rings. The lowest BCUT2D eigenvalue weighted by molar-refractivity contribution is -0.122. The Morgan fingerprint density at radius 1 is 1.16 bits per heavy atom. The van der Waals surface area contributed by atoms with Gasteiger partial charge >= 0.3 is 0 Å². The number of carbonyl (C=O) groups is 2. The zero-order valence-electron chi connectivity index (χ0n) is 14.7. The Morgan fingerprint density at radius 2 is 1.92 bits per heavy atom. The molecule has 2 saturated heterocycles. The summed E-state index contributed by atoms with van der Waals surface area (Å²) in [5, 5.41) is 3.08. The maximum absolute atomic E-state index is 12.4. The van der Waals surface area contributed by atoms with Crippen molar-refractivity contribution in [1.29, 1.82) is 0 Å². The molecule has 136 valence electrons. The number of nitrogens with zero attached hydrogens (tertiary/aromatic N) is 2. The van der Waals surface area contributed by atoms with Gasteiger partial charge in [0.25, 0.3) is 5.91 Å². The van der Waals surface area contributed by atoms with Gasteiger partial charge in [-0.1, -0.05) is 0 Å². The minimum absolute atomic E-state index is 0.0510. The number of rotatable bonds is 5. The average molecular weight is 345 g/mol. The summed E-state index contributed by atoms with van der Waals surface area (Å²) in [5.41, 5.74) is 0.644. The van der Waals surface area contributed by atoms with E-state index in [0.717, 1.165) is 58.5 Å². The van der Waals surface area contributed by atoms with Crippen LogP contribution in [0.25, 0.3) is 0 Å². The van der Waals surface area contributed by atoms with Gasteiger partial charge in [-0.25, -0.2) is 0 Å². The molecule has 3 heterocycles. The zero-order chi connectivity index (χ0) is 17.5. The minimum Gasteiger partial charge on any atom is -0.381 e. The summed E-state index contributed by atoms with van der Waals surface area (Å²) in [5.74, 6) is 1.13. The van der Waals surface area contributed by atoms with Crippen molar-refractivity contribution < 1.29 is 14.3 Å². The van der Waals surface area contributed by atoms with Gasteiger partial charge in [0.2, 0.25) is 5.91 Å². The van der Waals surface area contributed by atoms with Crippen LogP contribution in [-0.4, -0.2) is 54.5 Å². The molecule has 0 spiro atoms. The van der Waals surface area contributed by atoms with E-state index in [4.69, 9.17) is 4.74 Å². The lowest BCUT2D eigenvalue weighted by Crippen LogP contribution is -2.41. The second kappa shape index (κ2) is 8.94. The largest absolute Gasteiger partial charge is 0.381 e. The van der Waals surface area contributed by atoms with E-state index in [1.807, 2.05) is 4.90 Å². The molecule has 0 atom stereocenters. The summed E-state index contributed by atoms with van der Waals surface area (Å²) >= 11 is 0. The maximum atomic E-state index is 12.4.